The molecule has 0 spiro atoms. The maximum absolute atomic E-state index is 11.4. The smallest absolute Gasteiger partial charge is 0.138 e. The van der Waals surface area contributed by atoms with Crippen LogP contribution in [0.2, 0.25) is 0 Å². The average molecular weight is 198 g/mol. The molecule has 0 heterocycles. The van der Waals surface area contributed by atoms with Gasteiger partial charge in [0.2, 0.25) is 0 Å². The summed E-state index contributed by atoms with van der Waals surface area (Å²) in [5.74, 6) is 0.403. The summed E-state index contributed by atoms with van der Waals surface area (Å²) < 4.78 is 0. The molecular formula is C12H22O2. The second-order valence-corrected chi connectivity index (χ2v) is 4.50. The molecule has 2 heteroatoms. The molecule has 1 N–H and O–H groups in total. The molecule has 0 unspecified atom stereocenters. The van der Waals surface area contributed by atoms with E-state index in [0.29, 0.717) is 12.3 Å². The third kappa shape index (κ3) is 2.81. The van der Waals surface area contributed by atoms with Gasteiger partial charge in [-0.15, -0.1) is 0 Å². The van der Waals surface area contributed by atoms with Crippen molar-refractivity contribution in [1.82, 2.24) is 0 Å². The predicted octanol–water partition coefficient (Wildman–Crippen LogP) is 2.54. The summed E-state index contributed by atoms with van der Waals surface area (Å²) in [6, 6.07) is 0. The van der Waals surface area contributed by atoms with Gasteiger partial charge in [-0.25, -0.2) is 0 Å². The van der Waals surface area contributed by atoms with Crippen molar-refractivity contribution in [2.75, 3.05) is 0 Å². The lowest BCUT2D eigenvalue weighted by Crippen LogP contribution is -2.33. The van der Waals surface area contributed by atoms with Crippen LogP contribution in [0.25, 0.3) is 0 Å². The highest BCUT2D eigenvalue weighted by Crippen LogP contribution is 2.29. The Bertz CT molecular complexity index is 183. The monoisotopic (exact) mass is 198 g/mol. The van der Waals surface area contributed by atoms with E-state index in [2.05, 4.69) is 0 Å². The first-order valence-electron chi connectivity index (χ1n) is 5.87. The third-order valence-electron chi connectivity index (χ3n) is 3.50. The topological polar surface area (TPSA) is 37.3 Å². The lowest BCUT2D eigenvalue weighted by atomic mass is 9.79. The van der Waals surface area contributed by atoms with Crippen molar-refractivity contribution in [3.8, 4) is 0 Å². The average Bonchev–Trinajstić information content (AvgIpc) is 2.27. The standard InChI is InChI=1S/C12H22O2/c1-3-11(13)9(2)12(14)10-7-5-4-6-8-10/h9-10,12,14H,3-8H2,1-2H3/t9-,12-/m0/s1. The van der Waals surface area contributed by atoms with E-state index < -0.39 is 6.10 Å². The molecule has 82 valence electrons. The van der Waals surface area contributed by atoms with E-state index in [0.717, 1.165) is 12.8 Å². The Balaban J connectivity index is 2.45. The minimum Gasteiger partial charge on any atom is -0.392 e. The number of carbonyl (C=O) groups excluding carboxylic acids is 1. The molecule has 14 heavy (non-hydrogen) atoms. The van der Waals surface area contributed by atoms with E-state index >= 15 is 0 Å². The Morgan fingerprint density at radius 2 is 1.93 bits per heavy atom. The highest BCUT2D eigenvalue weighted by atomic mass is 16.3. The summed E-state index contributed by atoms with van der Waals surface area (Å²) in [5, 5.41) is 10.0. The van der Waals surface area contributed by atoms with E-state index in [9.17, 15) is 9.90 Å². The number of hydrogen-bond donors (Lipinski definition) is 1. The summed E-state index contributed by atoms with van der Waals surface area (Å²) in [6.07, 6.45) is 6.07. The minimum absolute atomic E-state index is 0.164. The zero-order chi connectivity index (χ0) is 10.6. The number of hydrogen-bond acceptors (Lipinski definition) is 2. The van der Waals surface area contributed by atoms with Crippen LogP contribution in [0.15, 0.2) is 0 Å². The number of carbonyl (C=O) groups is 1. The van der Waals surface area contributed by atoms with Gasteiger partial charge in [0.1, 0.15) is 5.78 Å². The van der Waals surface area contributed by atoms with Crippen LogP contribution in [-0.4, -0.2) is 17.0 Å². The first-order chi connectivity index (χ1) is 6.66. The second kappa shape index (κ2) is 5.50. The molecule has 0 saturated heterocycles. The van der Waals surface area contributed by atoms with E-state index in [4.69, 9.17) is 0 Å². The number of ketones is 1. The fourth-order valence-electron chi connectivity index (χ4n) is 2.40. The van der Waals surface area contributed by atoms with Crippen LogP contribution >= 0.6 is 0 Å². The SMILES string of the molecule is CCC(=O)[C@H](C)[C@H](O)C1CCCCC1. The lowest BCUT2D eigenvalue weighted by Gasteiger charge is -2.29. The Kier molecular flexibility index (Phi) is 4.59. The maximum atomic E-state index is 11.4. The van der Waals surface area contributed by atoms with Crippen molar-refractivity contribution in [3.05, 3.63) is 0 Å². The highest BCUT2D eigenvalue weighted by Gasteiger charge is 2.29. The first-order valence-corrected chi connectivity index (χ1v) is 5.87. The zero-order valence-electron chi connectivity index (χ0n) is 9.33. The molecule has 0 aromatic heterocycles. The van der Waals surface area contributed by atoms with Gasteiger partial charge in [-0.2, -0.15) is 0 Å². The van der Waals surface area contributed by atoms with Crippen LogP contribution in [0.3, 0.4) is 0 Å². The highest BCUT2D eigenvalue weighted by molar-refractivity contribution is 5.80. The summed E-state index contributed by atoms with van der Waals surface area (Å²) in [4.78, 5) is 11.4. The summed E-state index contributed by atoms with van der Waals surface area (Å²) >= 11 is 0. The molecule has 0 amide bonds. The van der Waals surface area contributed by atoms with Crippen LogP contribution < -0.4 is 0 Å². The molecule has 0 aliphatic heterocycles. The predicted molar refractivity (Wildman–Crippen MR) is 57.0 cm³/mol. The van der Waals surface area contributed by atoms with Crippen LogP contribution in [0.1, 0.15) is 52.4 Å². The van der Waals surface area contributed by atoms with Gasteiger partial charge in [0.05, 0.1) is 6.10 Å². The van der Waals surface area contributed by atoms with Crippen LogP contribution in [0.5, 0.6) is 0 Å². The van der Waals surface area contributed by atoms with Gasteiger partial charge < -0.3 is 5.11 Å². The van der Waals surface area contributed by atoms with Gasteiger partial charge in [-0.1, -0.05) is 33.1 Å². The van der Waals surface area contributed by atoms with Crippen molar-refractivity contribution in [3.63, 3.8) is 0 Å². The summed E-state index contributed by atoms with van der Waals surface area (Å²) in [7, 11) is 0. The molecule has 2 nitrogen and oxygen atoms in total. The van der Waals surface area contributed by atoms with E-state index in [1.54, 1.807) is 0 Å². The minimum atomic E-state index is -0.400. The molecule has 1 fully saturated rings. The Labute approximate surface area is 86.7 Å². The molecule has 0 bridgehead atoms. The largest absolute Gasteiger partial charge is 0.392 e. The van der Waals surface area contributed by atoms with E-state index in [-0.39, 0.29) is 11.7 Å². The Morgan fingerprint density at radius 1 is 1.36 bits per heavy atom. The van der Waals surface area contributed by atoms with Crippen LogP contribution in [-0.2, 0) is 4.79 Å². The molecule has 1 aliphatic carbocycles. The second-order valence-electron chi connectivity index (χ2n) is 4.50. The lowest BCUT2D eigenvalue weighted by molar-refractivity contribution is -0.127. The maximum Gasteiger partial charge on any atom is 0.138 e. The van der Waals surface area contributed by atoms with Crippen molar-refractivity contribution in [2.45, 2.75) is 58.5 Å². The van der Waals surface area contributed by atoms with E-state index in [1.165, 1.54) is 19.3 Å². The molecule has 0 aromatic carbocycles. The molecular weight excluding hydrogens is 176 g/mol. The van der Waals surface area contributed by atoms with Gasteiger partial charge in [-0.3, -0.25) is 4.79 Å². The van der Waals surface area contributed by atoms with Gasteiger partial charge in [-0.05, 0) is 18.8 Å². The van der Waals surface area contributed by atoms with Gasteiger partial charge in [0, 0.05) is 12.3 Å². The summed E-state index contributed by atoms with van der Waals surface area (Å²) in [5.41, 5.74) is 0. The number of aliphatic hydroxyl groups excluding tert-OH is 1. The van der Waals surface area contributed by atoms with Crippen LogP contribution in [0.4, 0.5) is 0 Å². The molecule has 0 radical (unpaired) electrons. The Hall–Kier alpha value is -0.370. The molecule has 1 rings (SSSR count). The quantitative estimate of drug-likeness (QED) is 0.753. The molecule has 2 atom stereocenters. The van der Waals surface area contributed by atoms with E-state index in [1.807, 2.05) is 13.8 Å². The van der Waals surface area contributed by atoms with Crippen molar-refractivity contribution < 1.29 is 9.90 Å². The number of rotatable bonds is 4. The summed E-state index contributed by atoms with van der Waals surface area (Å²) in [6.45, 7) is 3.73. The zero-order valence-corrected chi connectivity index (χ0v) is 9.33. The normalized spacial score (nSPS) is 23.1. The number of aliphatic hydroxyl groups is 1. The first kappa shape index (κ1) is 11.7. The van der Waals surface area contributed by atoms with Crippen LogP contribution in [0, 0.1) is 11.8 Å². The van der Waals surface area contributed by atoms with Gasteiger partial charge in [0.25, 0.3) is 0 Å². The third-order valence-corrected chi connectivity index (χ3v) is 3.50. The van der Waals surface area contributed by atoms with Crippen molar-refractivity contribution >= 4 is 5.78 Å². The van der Waals surface area contributed by atoms with Gasteiger partial charge in [0.15, 0.2) is 0 Å². The van der Waals surface area contributed by atoms with Gasteiger partial charge >= 0.3 is 0 Å². The van der Waals surface area contributed by atoms with Crippen molar-refractivity contribution in [2.24, 2.45) is 11.8 Å². The molecule has 1 saturated carbocycles. The number of Topliss-reactive ketones (excluding diaryl/α,β-unsaturated/α-hetero) is 1. The Morgan fingerprint density at radius 3 is 2.43 bits per heavy atom. The fourth-order valence-corrected chi connectivity index (χ4v) is 2.40. The van der Waals surface area contributed by atoms with Crippen molar-refractivity contribution in [1.29, 1.82) is 0 Å². The fraction of sp³-hybridized carbons (Fsp3) is 0.917. The molecule has 0 aromatic rings. The molecule has 1 aliphatic rings.